The Hall–Kier alpha value is -2.44. The van der Waals surface area contributed by atoms with Gasteiger partial charge in [-0.25, -0.2) is 4.99 Å². The van der Waals surface area contributed by atoms with Crippen LogP contribution in [0.4, 0.5) is 0 Å². The van der Waals surface area contributed by atoms with Crippen LogP contribution in [0.5, 0.6) is 11.5 Å². The van der Waals surface area contributed by atoms with Gasteiger partial charge in [-0.2, -0.15) is 0 Å². The fraction of sp³-hybridized carbons (Fsp3) is 0.435. The maximum absolute atomic E-state index is 10.3. The zero-order valence-electron chi connectivity index (χ0n) is 17.7. The van der Waals surface area contributed by atoms with E-state index in [2.05, 4.69) is 39.6 Å². The Morgan fingerprint density at radius 1 is 1.20 bits per heavy atom. The number of nitrogens with one attached hydrogen (secondary N) is 2. The lowest BCUT2D eigenvalue weighted by atomic mass is 10.0. The minimum atomic E-state index is 0.148. The minimum absolute atomic E-state index is 0.148. The molecule has 0 radical (unpaired) electrons. The van der Waals surface area contributed by atoms with Gasteiger partial charge in [-0.05, 0) is 43.5 Å². The number of aromatic hydroxyl groups is 1. The number of aliphatic imine (C=N–C) groups is 1. The average Bonchev–Trinajstić information content (AvgIpc) is 2.76. The van der Waals surface area contributed by atoms with Crippen LogP contribution in [0.1, 0.15) is 30.9 Å². The van der Waals surface area contributed by atoms with Crippen molar-refractivity contribution in [3.8, 4) is 11.5 Å². The molecule has 0 spiro atoms. The van der Waals surface area contributed by atoms with Crippen molar-refractivity contribution >= 4 is 17.6 Å². The van der Waals surface area contributed by atoms with Gasteiger partial charge in [-0.15, -0.1) is 0 Å². The van der Waals surface area contributed by atoms with E-state index in [1.165, 1.54) is 5.56 Å². The molecule has 0 saturated carbocycles. The first kappa shape index (κ1) is 22.2. The van der Waals surface area contributed by atoms with Crippen LogP contribution in [0.15, 0.2) is 47.5 Å². The number of phenols is 1. The summed E-state index contributed by atoms with van der Waals surface area (Å²) in [5, 5.41) is 17.9. The summed E-state index contributed by atoms with van der Waals surface area (Å²) in [5.41, 5.74) is 2.03. The first-order chi connectivity index (χ1) is 14.6. The Balaban J connectivity index is 1.53. The molecule has 1 heterocycles. The van der Waals surface area contributed by atoms with E-state index in [0.717, 1.165) is 55.6 Å². The fourth-order valence-corrected chi connectivity index (χ4v) is 3.75. The molecule has 0 aliphatic carbocycles. The predicted octanol–water partition coefficient (Wildman–Crippen LogP) is 3.77. The van der Waals surface area contributed by atoms with Gasteiger partial charge < -0.3 is 20.5 Å². The Kier molecular flexibility index (Phi) is 8.22. The predicted molar refractivity (Wildman–Crippen MR) is 122 cm³/mol. The summed E-state index contributed by atoms with van der Waals surface area (Å²) in [7, 11) is 1.55. The Bertz CT molecular complexity index is 834. The van der Waals surface area contributed by atoms with E-state index in [1.807, 2.05) is 24.3 Å². The monoisotopic (exact) mass is 430 g/mol. The van der Waals surface area contributed by atoms with Gasteiger partial charge >= 0.3 is 0 Å². The molecule has 0 amide bonds. The van der Waals surface area contributed by atoms with Gasteiger partial charge in [-0.1, -0.05) is 35.9 Å². The summed E-state index contributed by atoms with van der Waals surface area (Å²) in [4.78, 5) is 7.13. The van der Waals surface area contributed by atoms with Gasteiger partial charge in [-0.3, -0.25) is 4.90 Å². The van der Waals surface area contributed by atoms with Crippen LogP contribution in [0, 0.1) is 0 Å². The lowest BCUT2D eigenvalue weighted by Gasteiger charge is -2.33. The Morgan fingerprint density at radius 3 is 2.60 bits per heavy atom. The van der Waals surface area contributed by atoms with Crippen molar-refractivity contribution in [3.63, 3.8) is 0 Å². The molecule has 0 unspecified atom stereocenters. The van der Waals surface area contributed by atoms with E-state index in [1.54, 1.807) is 13.2 Å². The van der Waals surface area contributed by atoms with Crippen LogP contribution in [-0.2, 0) is 13.1 Å². The van der Waals surface area contributed by atoms with Gasteiger partial charge in [0.15, 0.2) is 17.5 Å². The molecule has 0 atom stereocenters. The molecule has 1 saturated heterocycles. The minimum Gasteiger partial charge on any atom is -0.504 e. The number of rotatable bonds is 7. The molecule has 7 heteroatoms. The van der Waals surface area contributed by atoms with Gasteiger partial charge in [0.2, 0.25) is 0 Å². The first-order valence-electron chi connectivity index (χ1n) is 10.5. The van der Waals surface area contributed by atoms with E-state index in [0.29, 0.717) is 18.3 Å². The molecule has 0 bridgehead atoms. The number of phenolic OH excluding ortho intramolecular Hbond substituents is 1. The van der Waals surface area contributed by atoms with Gasteiger partial charge in [0, 0.05) is 42.8 Å². The molecular formula is C23H31ClN4O2. The maximum atomic E-state index is 10.3. The molecule has 1 fully saturated rings. The van der Waals surface area contributed by atoms with Crippen LogP contribution in [0.25, 0.3) is 0 Å². The second kappa shape index (κ2) is 11.1. The SMILES string of the molecule is CCNC(=NCc1cccc(OC)c1O)NC1CCN(Cc2ccc(Cl)cc2)CC1. The zero-order chi connectivity index (χ0) is 21.3. The van der Waals surface area contributed by atoms with Crippen molar-refractivity contribution in [2.75, 3.05) is 26.7 Å². The van der Waals surface area contributed by atoms with Crippen LogP contribution in [-0.4, -0.2) is 48.8 Å². The number of benzene rings is 2. The highest BCUT2D eigenvalue weighted by Gasteiger charge is 2.20. The quantitative estimate of drug-likeness (QED) is 0.460. The third kappa shape index (κ3) is 6.28. The number of hydrogen-bond acceptors (Lipinski definition) is 4. The van der Waals surface area contributed by atoms with Crippen molar-refractivity contribution < 1.29 is 9.84 Å². The third-order valence-corrected chi connectivity index (χ3v) is 5.55. The van der Waals surface area contributed by atoms with Crippen molar-refractivity contribution in [1.29, 1.82) is 0 Å². The van der Waals surface area contributed by atoms with Crippen LogP contribution in [0.2, 0.25) is 5.02 Å². The van der Waals surface area contributed by atoms with Gasteiger partial charge in [0.05, 0.1) is 13.7 Å². The molecule has 0 aromatic heterocycles. The van der Waals surface area contributed by atoms with Gasteiger partial charge in [0.25, 0.3) is 0 Å². The summed E-state index contributed by atoms with van der Waals surface area (Å²) in [6, 6.07) is 13.9. The number of likely N-dealkylation sites (tertiary alicyclic amines) is 1. The third-order valence-electron chi connectivity index (χ3n) is 5.30. The number of nitrogens with zero attached hydrogens (tertiary/aromatic N) is 2. The molecule has 1 aliphatic rings. The number of hydrogen-bond donors (Lipinski definition) is 3. The van der Waals surface area contributed by atoms with Crippen LogP contribution >= 0.6 is 11.6 Å². The second-order valence-corrected chi connectivity index (χ2v) is 7.92. The number of guanidine groups is 1. The summed E-state index contributed by atoms with van der Waals surface area (Å²) in [6.45, 7) is 6.24. The summed E-state index contributed by atoms with van der Waals surface area (Å²) in [6.07, 6.45) is 2.12. The summed E-state index contributed by atoms with van der Waals surface area (Å²) in [5.74, 6) is 1.39. The van der Waals surface area contributed by atoms with Crippen molar-refractivity contribution in [3.05, 3.63) is 58.6 Å². The molecule has 1 aliphatic heterocycles. The second-order valence-electron chi connectivity index (χ2n) is 7.48. The lowest BCUT2D eigenvalue weighted by molar-refractivity contribution is 0.198. The molecule has 30 heavy (non-hydrogen) atoms. The molecule has 3 rings (SSSR count). The molecule has 6 nitrogen and oxygen atoms in total. The molecular weight excluding hydrogens is 400 g/mol. The smallest absolute Gasteiger partial charge is 0.191 e. The molecule has 2 aromatic rings. The highest BCUT2D eigenvalue weighted by molar-refractivity contribution is 6.30. The van der Waals surface area contributed by atoms with Gasteiger partial charge in [0.1, 0.15) is 0 Å². The Morgan fingerprint density at radius 2 is 1.93 bits per heavy atom. The van der Waals surface area contributed by atoms with E-state index >= 15 is 0 Å². The van der Waals surface area contributed by atoms with E-state index in [9.17, 15) is 5.11 Å². The zero-order valence-corrected chi connectivity index (χ0v) is 18.5. The Labute approximate surface area is 183 Å². The molecule has 162 valence electrons. The normalized spacial score (nSPS) is 15.8. The highest BCUT2D eigenvalue weighted by Crippen LogP contribution is 2.29. The number of halogens is 1. The molecule has 3 N–H and O–H groups in total. The van der Waals surface area contributed by atoms with Crippen molar-refractivity contribution in [2.45, 2.75) is 38.9 Å². The standard InChI is InChI=1S/C23H31ClN4O2/c1-3-25-23(26-15-18-5-4-6-21(30-2)22(18)29)27-20-11-13-28(14-12-20)16-17-7-9-19(24)10-8-17/h4-10,20,29H,3,11-16H2,1-2H3,(H2,25,26,27). The number of ether oxygens (including phenoxy) is 1. The highest BCUT2D eigenvalue weighted by atomic mass is 35.5. The van der Waals surface area contributed by atoms with Crippen molar-refractivity contribution in [1.82, 2.24) is 15.5 Å². The summed E-state index contributed by atoms with van der Waals surface area (Å²) >= 11 is 5.98. The van der Waals surface area contributed by atoms with E-state index in [4.69, 9.17) is 16.3 Å². The van der Waals surface area contributed by atoms with Crippen LogP contribution in [0.3, 0.4) is 0 Å². The first-order valence-corrected chi connectivity index (χ1v) is 10.8. The number of para-hydroxylation sites is 1. The molecule has 2 aromatic carbocycles. The number of piperidine rings is 1. The fourth-order valence-electron chi connectivity index (χ4n) is 3.62. The topological polar surface area (TPSA) is 69.1 Å². The number of methoxy groups -OCH3 is 1. The largest absolute Gasteiger partial charge is 0.504 e. The summed E-state index contributed by atoms with van der Waals surface area (Å²) < 4.78 is 5.18. The van der Waals surface area contributed by atoms with E-state index in [-0.39, 0.29) is 5.75 Å². The average molecular weight is 431 g/mol. The van der Waals surface area contributed by atoms with Crippen LogP contribution < -0.4 is 15.4 Å². The lowest BCUT2D eigenvalue weighted by Crippen LogP contribution is -2.48. The maximum Gasteiger partial charge on any atom is 0.191 e. The van der Waals surface area contributed by atoms with Crippen molar-refractivity contribution in [2.24, 2.45) is 4.99 Å². The van der Waals surface area contributed by atoms with E-state index < -0.39 is 0 Å².